The fraction of sp³-hybridized carbons (Fsp3) is 0.353. The highest BCUT2D eigenvalue weighted by Gasteiger charge is 2.37. The highest BCUT2D eigenvalue weighted by Crippen LogP contribution is 2.32. The molecular formula is C17H18N2O5S2. The number of nitrogens with one attached hydrogen (secondary N) is 1. The van der Waals surface area contributed by atoms with Crippen LogP contribution in [0.1, 0.15) is 5.56 Å². The largest absolute Gasteiger partial charge is 0.497 e. The van der Waals surface area contributed by atoms with Crippen LogP contribution in [0.4, 0.5) is 4.79 Å². The molecule has 1 aromatic carbocycles. The van der Waals surface area contributed by atoms with E-state index in [4.69, 9.17) is 4.74 Å². The van der Waals surface area contributed by atoms with Crippen molar-refractivity contribution in [2.24, 2.45) is 0 Å². The Bertz CT molecular complexity index is 750. The third-order valence-electron chi connectivity index (χ3n) is 3.99. The molecule has 0 spiro atoms. The van der Waals surface area contributed by atoms with Crippen molar-refractivity contribution in [2.75, 3.05) is 25.2 Å². The molecule has 2 atom stereocenters. The van der Waals surface area contributed by atoms with Crippen LogP contribution >= 0.6 is 23.5 Å². The fourth-order valence-electron chi connectivity index (χ4n) is 2.56. The molecule has 0 unspecified atom stereocenters. The van der Waals surface area contributed by atoms with Gasteiger partial charge >= 0.3 is 0 Å². The Hall–Kier alpha value is -1.97. The van der Waals surface area contributed by atoms with Crippen molar-refractivity contribution in [1.29, 1.82) is 0 Å². The highest BCUT2D eigenvalue weighted by atomic mass is 32.2. The summed E-state index contributed by atoms with van der Waals surface area (Å²) < 4.78 is 5.08. The van der Waals surface area contributed by atoms with Gasteiger partial charge in [-0.25, -0.2) is 0 Å². The summed E-state index contributed by atoms with van der Waals surface area (Å²) in [5.74, 6) is 0.930. The molecule has 2 heterocycles. The van der Waals surface area contributed by atoms with Crippen molar-refractivity contribution in [3.63, 3.8) is 0 Å². The molecule has 3 amide bonds. The number of rotatable bonds is 5. The molecule has 7 nitrogen and oxygen atoms in total. The van der Waals surface area contributed by atoms with Gasteiger partial charge in [0, 0.05) is 11.5 Å². The van der Waals surface area contributed by atoms with Crippen LogP contribution in [0.2, 0.25) is 0 Å². The number of benzene rings is 1. The lowest BCUT2D eigenvalue weighted by molar-refractivity contribution is -0.129. The van der Waals surface area contributed by atoms with Crippen LogP contribution in [0.15, 0.2) is 29.2 Å². The summed E-state index contributed by atoms with van der Waals surface area (Å²) in [6.07, 6.45) is 1.01. The SMILES string of the molecule is COc1ccc(/C=C2/SC(=O)N(CC(=O)N[C@@H]3CSC[C@@H]3O)C2=O)cc1. The second-order valence-corrected chi connectivity index (χ2v) is 7.89. The summed E-state index contributed by atoms with van der Waals surface area (Å²) in [4.78, 5) is 37.8. The number of methoxy groups -OCH3 is 1. The fourth-order valence-corrected chi connectivity index (χ4v) is 4.57. The Balaban J connectivity index is 1.64. The van der Waals surface area contributed by atoms with Crippen molar-refractivity contribution in [2.45, 2.75) is 12.1 Å². The zero-order chi connectivity index (χ0) is 18.7. The second-order valence-electron chi connectivity index (χ2n) is 5.82. The predicted molar refractivity (Wildman–Crippen MR) is 101 cm³/mol. The Kier molecular flexibility index (Phi) is 5.90. The molecule has 0 saturated carbocycles. The third kappa shape index (κ3) is 4.22. The lowest BCUT2D eigenvalue weighted by atomic mass is 10.2. The zero-order valence-electron chi connectivity index (χ0n) is 14.0. The van der Waals surface area contributed by atoms with Crippen LogP contribution in [0.5, 0.6) is 5.75 Å². The van der Waals surface area contributed by atoms with E-state index in [9.17, 15) is 19.5 Å². The minimum Gasteiger partial charge on any atom is -0.497 e. The molecule has 9 heteroatoms. The van der Waals surface area contributed by atoms with Gasteiger partial charge in [-0.05, 0) is 35.5 Å². The predicted octanol–water partition coefficient (Wildman–Crippen LogP) is 1.32. The van der Waals surface area contributed by atoms with Crippen molar-refractivity contribution in [1.82, 2.24) is 10.2 Å². The van der Waals surface area contributed by atoms with E-state index in [2.05, 4.69) is 5.32 Å². The monoisotopic (exact) mass is 394 g/mol. The molecule has 1 aromatic rings. The Morgan fingerprint density at radius 3 is 2.69 bits per heavy atom. The van der Waals surface area contributed by atoms with Crippen LogP contribution in [0.3, 0.4) is 0 Å². The number of hydrogen-bond acceptors (Lipinski definition) is 7. The number of carbonyl (C=O) groups is 3. The summed E-state index contributed by atoms with van der Waals surface area (Å²) in [7, 11) is 1.56. The molecule has 2 aliphatic heterocycles. The third-order valence-corrected chi connectivity index (χ3v) is 6.07. The number of nitrogens with zero attached hydrogens (tertiary/aromatic N) is 1. The number of aliphatic hydroxyl groups excluding tert-OH is 1. The van der Waals surface area contributed by atoms with E-state index < -0.39 is 23.2 Å². The van der Waals surface area contributed by atoms with Gasteiger partial charge in [-0.3, -0.25) is 19.3 Å². The molecule has 2 fully saturated rings. The molecule has 0 bridgehead atoms. The van der Waals surface area contributed by atoms with Crippen LogP contribution in [-0.2, 0) is 9.59 Å². The van der Waals surface area contributed by atoms with E-state index in [0.29, 0.717) is 17.3 Å². The second kappa shape index (κ2) is 8.15. The van der Waals surface area contributed by atoms with Crippen LogP contribution in [-0.4, -0.2) is 64.4 Å². The standard InChI is InChI=1S/C17H18N2O5S2/c1-24-11-4-2-10(3-5-11)6-14-16(22)19(17(23)26-14)7-15(21)18-12-8-25-9-13(12)20/h2-6,12-13,20H,7-9H2,1H3,(H,18,21)/b14-6+/t12-,13+/m1/s1. The molecule has 3 rings (SSSR count). The quantitative estimate of drug-likeness (QED) is 0.727. The average Bonchev–Trinajstić information content (AvgIpc) is 3.14. The van der Waals surface area contributed by atoms with Crippen molar-refractivity contribution < 1.29 is 24.2 Å². The minimum atomic E-state index is -0.603. The molecule has 0 aromatic heterocycles. The normalized spacial score (nSPS) is 24.4. The molecule has 26 heavy (non-hydrogen) atoms. The first kappa shape index (κ1) is 18.8. The van der Waals surface area contributed by atoms with E-state index in [1.807, 2.05) is 0 Å². The van der Waals surface area contributed by atoms with Gasteiger partial charge in [-0.15, -0.1) is 0 Å². The first-order valence-corrected chi connectivity index (χ1v) is 9.89. The van der Waals surface area contributed by atoms with Crippen LogP contribution in [0, 0.1) is 0 Å². The van der Waals surface area contributed by atoms with Gasteiger partial charge in [0.05, 0.1) is 24.2 Å². The maximum Gasteiger partial charge on any atom is 0.294 e. The summed E-state index contributed by atoms with van der Waals surface area (Å²) in [5, 5.41) is 11.9. The summed E-state index contributed by atoms with van der Waals surface area (Å²) in [6, 6.07) is 6.72. The molecule has 0 radical (unpaired) electrons. The molecular weight excluding hydrogens is 376 g/mol. The van der Waals surface area contributed by atoms with Gasteiger partial charge in [0.1, 0.15) is 12.3 Å². The van der Waals surface area contributed by atoms with E-state index in [0.717, 1.165) is 22.2 Å². The number of amides is 3. The molecule has 2 N–H and O–H groups in total. The topological polar surface area (TPSA) is 95.9 Å². The Morgan fingerprint density at radius 2 is 2.08 bits per heavy atom. The van der Waals surface area contributed by atoms with E-state index in [-0.39, 0.29) is 17.5 Å². The van der Waals surface area contributed by atoms with Gasteiger partial charge in [0.15, 0.2) is 0 Å². The first-order chi connectivity index (χ1) is 12.5. The molecule has 138 valence electrons. The minimum absolute atomic E-state index is 0.268. The Morgan fingerprint density at radius 1 is 1.35 bits per heavy atom. The smallest absolute Gasteiger partial charge is 0.294 e. The Labute approximate surface area is 159 Å². The number of thioether (sulfide) groups is 2. The summed E-state index contributed by atoms with van der Waals surface area (Å²) in [6.45, 7) is -0.349. The van der Waals surface area contributed by atoms with Crippen molar-refractivity contribution in [3.05, 3.63) is 34.7 Å². The number of carbonyl (C=O) groups excluding carboxylic acids is 3. The van der Waals surface area contributed by atoms with Gasteiger partial charge in [0.25, 0.3) is 11.1 Å². The summed E-state index contributed by atoms with van der Waals surface area (Å²) >= 11 is 2.35. The van der Waals surface area contributed by atoms with Crippen LogP contribution < -0.4 is 10.1 Å². The van der Waals surface area contributed by atoms with Crippen molar-refractivity contribution >= 4 is 46.7 Å². The summed E-state index contributed by atoms with van der Waals surface area (Å²) in [5.41, 5.74) is 0.756. The van der Waals surface area contributed by atoms with Crippen LogP contribution in [0.25, 0.3) is 6.08 Å². The zero-order valence-corrected chi connectivity index (χ0v) is 15.6. The highest BCUT2D eigenvalue weighted by molar-refractivity contribution is 8.18. The maximum atomic E-state index is 12.4. The van der Waals surface area contributed by atoms with Gasteiger partial charge in [0.2, 0.25) is 5.91 Å². The van der Waals surface area contributed by atoms with Gasteiger partial charge < -0.3 is 15.2 Å². The maximum absolute atomic E-state index is 12.4. The number of hydrogen-bond donors (Lipinski definition) is 2. The first-order valence-electron chi connectivity index (χ1n) is 7.92. The van der Waals surface area contributed by atoms with Gasteiger partial charge in [-0.2, -0.15) is 11.8 Å². The van der Waals surface area contributed by atoms with Crippen molar-refractivity contribution in [3.8, 4) is 5.75 Å². The van der Waals surface area contributed by atoms with E-state index >= 15 is 0 Å². The molecule has 2 saturated heterocycles. The van der Waals surface area contributed by atoms with E-state index in [1.165, 1.54) is 0 Å². The average molecular weight is 394 g/mol. The number of ether oxygens (including phenoxy) is 1. The molecule has 2 aliphatic rings. The lowest BCUT2D eigenvalue weighted by Gasteiger charge is -2.18. The molecule has 0 aliphatic carbocycles. The lowest BCUT2D eigenvalue weighted by Crippen LogP contribution is -2.47. The van der Waals surface area contributed by atoms with Gasteiger partial charge in [-0.1, -0.05) is 12.1 Å². The number of imide groups is 1. The number of aliphatic hydroxyl groups is 1. The van der Waals surface area contributed by atoms with E-state index in [1.54, 1.807) is 49.2 Å².